The van der Waals surface area contributed by atoms with Crippen LogP contribution < -0.4 is 4.74 Å². The molecule has 0 radical (unpaired) electrons. The molecule has 0 aromatic carbocycles. The fraction of sp³-hybridized carbons (Fsp3) is 0.500. The summed E-state index contributed by atoms with van der Waals surface area (Å²) in [5.41, 5.74) is -0.712. The van der Waals surface area contributed by atoms with Crippen molar-refractivity contribution < 1.29 is 29.0 Å². The Hall–Kier alpha value is -2.26. The van der Waals surface area contributed by atoms with Gasteiger partial charge in [-0.25, -0.2) is 9.78 Å². The highest BCUT2D eigenvalue weighted by atomic mass is 16.6. The highest BCUT2D eigenvalue weighted by molar-refractivity contribution is 5.85. The summed E-state index contributed by atoms with van der Waals surface area (Å²) in [6.45, 7) is 1.29. The Bertz CT molecular complexity index is 492. The molecule has 1 heterocycles. The maximum absolute atomic E-state index is 10.8. The van der Waals surface area contributed by atoms with E-state index in [0.29, 0.717) is 13.2 Å². The number of carboxylic acids is 1. The van der Waals surface area contributed by atoms with Gasteiger partial charge < -0.3 is 19.3 Å². The summed E-state index contributed by atoms with van der Waals surface area (Å²) in [6.07, 6.45) is 0.726. The SMILES string of the molecule is COCCCOCCOc1nc(C(=O)O)ccc1[N+](=O)[O-]. The van der Waals surface area contributed by atoms with Crippen molar-refractivity contribution in [3.63, 3.8) is 0 Å². The number of carboxylic acid groups (broad SMARTS) is 1. The Morgan fingerprint density at radius 3 is 2.71 bits per heavy atom. The van der Waals surface area contributed by atoms with Gasteiger partial charge in [0, 0.05) is 26.4 Å². The van der Waals surface area contributed by atoms with Gasteiger partial charge in [-0.05, 0) is 12.5 Å². The van der Waals surface area contributed by atoms with Gasteiger partial charge >= 0.3 is 11.7 Å². The molecule has 0 aliphatic carbocycles. The van der Waals surface area contributed by atoms with Crippen LogP contribution in [-0.2, 0) is 9.47 Å². The van der Waals surface area contributed by atoms with Gasteiger partial charge in [0.2, 0.25) is 0 Å². The number of rotatable bonds is 10. The fourth-order valence-corrected chi connectivity index (χ4v) is 1.40. The van der Waals surface area contributed by atoms with Crippen LogP contribution in [0.3, 0.4) is 0 Å². The van der Waals surface area contributed by atoms with Gasteiger partial charge in [-0.3, -0.25) is 10.1 Å². The number of methoxy groups -OCH3 is 1. The van der Waals surface area contributed by atoms with Crippen molar-refractivity contribution in [2.75, 3.05) is 33.5 Å². The Kier molecular flexibility index (Phi) is 7.05. The summed E-state index contributed by atoms with van der Waals surface area (Å²) in [5, 5.41) is 19.6. The second-order valence-corrected chi connectivity index (χ2v) is 3.89. The number of aromatic carboxylic acids is 1. The van der Waals surface area contributed by atoms with Crippen molar-refractivity contribution in [2.24, 2.45) is 0 Å². The van der Waals surface area contributed by atoms with Gasteiger partial charge in [0.1, 0.15) is 6.61 Å². The molecule has 1 rings (SSSR count). The lowest BCUT2D eigenvalue weighted by atomic mass is 10.3. The van der Waals surface area contributed by atoms with Crippen LogP contribution in [0.1, 0.15) is 16.9 Å². The van der Waals surface area contributed by atoms with E-state index in [0.717, 1.165) is 18.6 Å². The van der Waals surface area contributed by atoms with Gasteiger partial charge in [0.25, 0.3) is 5.88 Å². The molecule has 1 aromatic rings. The summed E-state index contributed by atoms with van der Waals surface area (Å²) in [7, 11) is 1.59. The zero-order valence-corrected chi connectivity index (χ0v) is 11.5. The average molecular weight is 300 g/mol. The Balaban J connectivity index is 2.53. The molecule has 0 aliphatic rings. The van der Waals surface area contributed by atoms with Gasteiger partial charge in [0.05, 0.1) is 11.5 Å². The molecule has 0 amide bonds. The molecular weight excluding hydrogens is 284 g/mol. The molecule has 0 saturated heterocycles. The maximum Gasteiger partial charge on any atom is 0.354 e. The van der Waals surface area contributed by atoms with E-state index in [-0.39, 0.29) is 30.5 Å². The molecule has 1 aromatic heterocycles. The van der Waals surface area contributed by atoms with Crippen LogP contribution in [0, 0.1) is 10.1 Å². The van der Waals surface area contributed by atoms with Gasteiger partial charge in [-0.1, -0.05) is 0 Å². The van der Waals surface area contributed by atoms with E-state index in [9.17, 15) is 14.9 Å². The van der Waals surface area contributed by atoms with Crippen molar-refractivity contribution >= 4 is 11.7 Å². The summed E-state index contributed by atoms with van der Waals surface area (Å²) < 4.78 is 15.2. The minimum absolute atomic E-state index is 0.0316. The van der Waals surface area contributed by atoms with Crippen molar-refractivity contribution in [3.8, 4) is 5.88 Å². The fourth-order valence-electron chi connectivity index (χ4n) is 1.40. The van der Waals surface area contributed by atoms with Crippen LogP contribution in [0.25, 0.3) is 0 Å². The van der Waals surface area contributed by atoms with E-state index >= 15 is 0 Å². The van der Waals surface area contributed by atoms with E-state index in [1.54, 1.807) is 7.11 Å². The lowest BCUT2D eigenvalue weighted by molar-refractivity contribution is -0.386. The van der Waals surface area contributed by atoms with E-state index in [1.165, 1.54) is 0 Å². The molecule has 0 spiro atoms. The predicted molar refractivity (Wildman–Crippen MR) is 70.7 cm³/mol. The molecule has 9 heteroatoms. The molecule has 0 saturated carbocycles. The molecule has 21 heavy (non-hydrogen) atoms. The first kappa shape index (κ1) is 16.8. The number of pyridine rings is 1. The number of hydrogen-bond acceptors (Lipinski definition) is 7. The largest absolute Gasteiger partial charge is 0.477 e. The number of aromatic nitrogens is 1. The molecule has 0 atom stereocenters. The number of hydrogen-bond donors (Lipinski definition) is 1. The normalized spacial score (nSPS) is 10.3. The summed E-state index contributed by atoms with van der Waals surface area (Å²) >= 11 is 0. The highest BCUT2D eigenvalue weighted by Crippen LogP contribution is 2.24. The smallest absolute Gasteiger partial charge is 0.354 e. The number of nitrogens with zero attached hydrogens (tertiary/aromatic N) is 2. The van der Waals surface area contributed by atoms with Crippen molar-refractivity contribution in [1.82, 2.24) is 4.98 Å². The lowest BCUT2D eigenvalue weighted by Gasteiger charge is -2.07. The molecule has 1 N–H and O–H groups in total. The second kappa shape index (κ2) is 8.82. The predicted octanol–water partition coefficient (Wildman–Crippen LogP) is 1.12. The van der Waals surface area contributed by atoms with E-state index < -0.39 is 10.9 Å². The second-order valence-electron chi connectivity index (χ2n) is 3.89. The summed E-state index contributed by atoms with van der Waals surface area (Å²) in [6, 6.07) is 2.10. The molecule has 0 fully saturated rings. The quantitative estimate of drug-likeness (QED) is 0.387. The Morgan fingerprint density at radius 2 is 2.10 bits per heavy atom. The number of carbonyl (C=O) groups is 1. The monoisotopic (exact) mass is 300 g/mol. The first-order valence-corrected chi connectivity index (χ1v) is 6.14. The van der Waals surface area contributed by atoms with Crippen molar-refractivity contribution in [3.05, 3.63) is 27.9 Å². The molecule has 0 aliphatic heterocycles. The molecular formula is C12H16N2O7. The van der Waals surface area contributed by atoms with Crippen LogP contribution in [0.5, 0.6) is 5.88 Å². The molecule has 0 unspecified atom stereocenters. The van der Waals surface area contributed by atoms with Crippen molar-refractivity contribution in [1.29, 1.82) is 0 Å². The first-order valence-electron chi connectivity index (χ1n) is 6.14. The minimum Gasteiger partial charge on any atom is -0.477 e. The minimum atomic E-state index is -1.29. The zero-order valence-electron chi connectivity index (χ0n) is 11.5. The third kappa shape index (κ3) is 5.71. The third-order valence-electron chi connectivity index (χ3n) is 2.36. The van der Waals surface area contributed by atoms with Crippen LogP contribution in [0.4, 0.5) is 5.69 Å². The van der Waals surface area contributed by atoms with Gasteiger partial charge in [-0.2, -0.15) is 0 Å². The van der Waals surface area contributed by atoms with E-state index in [4.69, 9.17) is 19.3 Å². The van der Waals surface area contributed by atoms with Crippen molar-refractivity contribution in [2.45, 2.75) is 6.42 Å². The molecule has 9 nitrogen and oxygen atoms in total. The van der Waals surface area contributed by atoms with Crippen LogP contribution in [0.2, 0.25) is 0 Å². The third-order valence-corrected chi connectivity index (χ3v) is 2.36. The maximum atomic E-state index is 10.8. The average Bonchev–Trinajstić information content (AvgIpc) is 2.45. The first-order chi connectivity index (χ1) is 10.1. The molecule has 116 valence electrons. The topological polar surface area (TPSA) is 121 Å². The number of ether oxygens (including phenoxy) is 3. The summed E-state index contributed by atoms with van der Waals surface area (Å²) in [4.78, 5) is 24.5. The van der Waals surface area contributed by atoms with Crippen LogP contribution in [-0.4, -0.2) is 54.5 Å². The Morgan fingerprint density at radius 1 is 1.33 bits per heavy atom. The van der Waals surface area contributed by atoms with E-state index in [1.807, 2.05) is 0 Å². The molecule has 0 bridgehead atoms. The van der Waals surface area contributed by atoms with Crippen LogP contribution in [0.15, 0.2) is 12.1 Å². The Labute approximate surface area is 120 Å². The van der Waals surface area contributed by atoms with Crippen LogP contribution >= 0.6 is 0 Å². The standard InChI is InChI=1S/C12H16N2O7/c1-19-5-2-6-20-7-8-21-11-10(14(17)18)4-3-9(13-11)12(15)16/h3-4H,2,5-8H2,1H3,(H,15,16). The highest BCUT2D eigenvalue weighted by Gasteiger charge is 2.19. The zero-order chi connectivity index (χ0) is 15.7. The lowest BCUT2D eigenvalue weighted by Crippen LogP contribution is -2.11. The number of nitro groups is 1. The van der Waals surface area contributed by atoms with E-state index in [2.05, 4.69) is 4.98 Å². The summed E-state index contributed by atoms with van der Waals surface area (Å²) in [5.74, 6) is -1.62. The van der Waals surface area contributed by atoms with Gasteiger partial charge in [-0.15, -0.1) is 0 Å². The van der Waals surface area contributed by atoms with Gasteiger partial charge in [0.15, 0.2) is 5.69 Å².